The average molecular weight is 331 g/mol. The number of nitrogens with zero attached hydrogens (tertiary/aromatic N) is 1. The SMILES string of the molecule is COC(=O)N[C@@H]1C(C)=CCCC1c1ccc2cc(Cl)ccc2n1. The summed E-state index contributed by atoms with van der Waals surface area (Å²) in [6.07, 6.45) is 3.67. The third kappa shape index (κ3) is 3.32. The number of aromatic nitrogens is 1. The molecule has 0 spiro atoms. The number of carbonyl (C=O) groups excluding carboxylic acids is 1. The highest BCUT2D eigenvalue weighted by Crippen LogP contribution is 2.33. The zero-order chi connectivity index (χ0) is 16.4. The van der Waals surface area contributed by atoms with Crippen molar-refractivity contribution in [1.29, 1.82) is 0 Å². The molecule has 4 nitrogen and oxygen atoms in total. The number of hydrogen-bond acceptors (Lipinski definition) is 3. The van der Waals surface area contributed by atoms with Gasteiger partial charge >= 0.3 is 6.09 Å². The zero-order valence-corrected chi connectivity index (χ0v) is 13.9. The summed E-state index contributed by atoms with van der Waals surface area (Å²) in [7, 11) is 1.38. The molecule has 1 aliphatic rings. The van der Waals surface area contributed by atoms with Gasteiger partial charge < -0.3 is 10.1 Å². The number of ether oxygens (including phenoxy) is 1. The number of benzene rings is 1. The molecule has 5 heteroatoms. The first-order chi connectivity index (χ1) is 11.1. The molecule has 2 aromatic rings. The topological polar surface area (TPSA) is 51.2 Å². The minimum Gasteiger partial charge on any atom is -0.453 e. The largest absolute Gasteiger partial charge is 0.453 e. The molecule has 1 N–H and O–H groups in total. The monoisotopic (exact) mass is 330 g/mol. The van der Waals surface area contributed by atoms with E-state index in [0.717, 1.165) is 35.0 Å². The van der Waals surface area contributed by atoms with Crippen LogP contribution in [-0.2, 0) is 4.74 Å². The first kappa shape index (κ1) is 15.8. The van der Waals surface area contributed by atoms with Gasteiger partial charge in [0.15, 0.2) is 0 Å². The Kier molecular flexibility index (Phi) is 4.53. The van der Waals surface area contributed by atoms with Crippen LogP contribution in [0.2, 0.25) is 5.02 Å². The van der Waals surface area contributed by atoms with Gasteiger partial charge in [-0.25, -0.2) is 4.79 Å². The van der Waals surface area contributed by atoms with Crippen molar-refractivity contribution in [3.8, 4) is 0 Å². The fourth-order valence-corrected chi connectivity index (χ4v) is 3.32. The third-order valence-corrected chi connectivity index (χ3v) is 4.58. The highest BCUT2D eigenvalue weighted by Gasteiger charge is 2.29. The van der Waals surface area contributed by atoms with E-state index in [4.69, 9.17) is 21.3 Å². The lowest BCUT2D eigenvalue weighted by atomic mass is 9.82. The van der Waals surface area contributed by atoms with E-state index in [1.54, 1.807) is 0 Å². The van der Waals surface area contributed by atoms with Crippen LogP contribution < -0.4 is 5.32 Å². The van der Waals surface area contributed by atoms with Crippen molar-refractivity contribution in [3.63, 3.8) is 0 Å². The summed E-state index contributed by atoms with van der Waals surface area (Å²) in [5.41, 5.74) is 3.04. The van der Waals surface area contributed by atoms with Crippen LogP contribution in [0.1, 0.15) is 31.4 Å². The molecule has 0 bridgehead atoms. The first-order valence-corrected chi connectivity index (χ1v) is 8.03. The van der Waals surface area contributed by atoms with E-state index in [9.17, 15) is 4.79 Å². The van der Waals surface area contributed by atoms with Crippen molar-refractivity contribution < 1.29 is 9.53 Å². The number of amides is 1. The summed E-state index contributed by atoms with van der Waals surface area (Å²) >= 11 is 6.03. The van der Waals surface area contributed by atoms with E-state index in [1.165, 1.54) is 7.11 Å². The number of halogens is 1. The van der Waals surface area contributed by atoms with E-state index >= 15 is 0 Å². The van der Waals surface area contributed by atoms with E-state index < -0.39 is 6.09 Å². The van der Waals surface area contributed by atoms with Gasteiger partial charge in [0.25, 0.3) is 0 Å². The third-order valence-electron chi connectivity index (χ3n) is 4.35. The van der Waals surface area contributed by atoms with Crippen LogP contribution in [0.5, 0.6) is 0 Å². The minimum atomic E-state index is -0.415. The summed E-state index contributed by atoms with van der Waals surface area (Å²) in [6, 6.07) is 9.64. The number of carbonyl (C=O) groups is 1. The molecule has 0 saturated carbocycles. The number of nitrogens with one attached hydrogen (secondary N) is 1. The number of pyridine rings is 1. The molecule has 0 aliphatic heterocycles. The normalized spacial score (nSPS) is 20.9. The molecule has 1 unspecified atom stereocenters. The quantitative estimate of drug-likeness (QED) is 0.828. The van der Waals surface area contributed by atoms with Gasteiger partial charge in [-0.2, -0.15) is 0 Å². The highest BCUT2D eigenvalue weighted by atomic mass is 35.5. The zero-order valence-electron chi connectivity index (χ0n) is 13.2. The molecule has 120 valence electrons. The van der Waals surface area contributed by atoms with Crippen molar-refractivity contribution >= 4 is 28.6 Å². The Morgan fingerprint density at radius 3 is 2.96 bits per heavy atom. The number of hydrogen-bond donors (Lipinski definition) is 1. The van der Waals surface area contributed by atoms with Gasteiger partial charge in [0.1, 0.15) is 0 Å². The average Bonchev–Trinajstić information content (AvgIpc) is 2.56. The molecular weight excluding hydrogens is 312 g/mol. The van der Waals surface area contributed by atoms with Gasteiger partial charge in [-0.1, -0.05) is 29.3 Å². The molecule has 1 aliphatic carbocycles. The number of methoxy groups -OCH3 is 1. The summed E-state index contributed by atoms with van der Waals surface area (Å²) in [4.78, 5) is 16.4. The van der Waals surface area contributed by atoms with Crippen LogP contribution in [0, 0.1) is 0 Å². The van der Waals surface area contributed by atoms with Crippen molar-refractivity contribution in [1.82, 2.24) is 10.3 Å². The summed E-state index contributed by atoms with van der Waals surface area (Å²) in [6.45, 7) is 2.04. The summed E-state index contributed by atoms with van der Waals surface area (Å²) < 4.78 is 4.76. The fourth-order valence-electron chi connectivity index (χ4n) is 3.14. The van der Waals surface area contributed by atoms with Crippen LogP contribution in [0.15, 0.2) is 42.0 Å². The van der Waals surface area contributed by atoms with Gasteiger partial charge in [0.05, 0.1) is 18.7 Å². The molecule has 23 heavy (non-hydrogen) atoms. The van der Waals surface area contributed by atoms with Gasteiger partial charge in [-0.3, -0.25) is 4.98 Å². The van der Waals surface area contributed by atoms with E-state index in [0.29, 0.717) is 5.02 Å². The molecular formula is C18H19ClN2O2. The van der Waals surface area contributed by atoms with Crippen molar-refractivity contribution in [2.45, 2.75) is 31.7 Å². The number of alkyl carbamates (subject to hydrolysis) is 1. The molecule has 2 atom stereocenters. The second-order valence-electron chi connectivity index (χ2n) is 5.82. The smallest absolute Gasteiger partial charge is 0.407 e. The van der Waals surface area contributed by atoms with Crippen molar-refractivity contribution in [2.24, 2.45) is 0 Å². The molecule has 3 rings (SSSR count). The van der Waals surface area contributed by atoms with Crippen molar-refractivity contribution in [3.05, 3.63) is 52.7 Å². The maximum Gasteiger partial charge on any atom is 0.407 e. The minimum absolute atomic E-state index is 0.0894. The molecule has 1 heterocycles. The van der Waals surface area contributed by atoms with Crippen LogP contribution in [0.3, 0.4) is 0 Å². The Hall–Kier alpha value is -2.07. The summed E-state index contributed by atoms with van der Waals surface area (Å²) in [5.74, 6) is 0.138. The van der Waals surface area contributed by atoms with E-state index in [2.05, 4.69) is 11.4 Å². The van der Waals surface area contributed by atoms with Gasteiger partial charge in [-0.15, -0.1) is 0 Å². The number of fused-ring (bicyclic) bond motifs is 1. The van der Waals surface area contributed by atoms with Crippen LogP contribution >= 0.6 is 11.6 Å². The molecule has 0 saturated heterocycles. The van der Waals surface area contributed by atoms with Gasteiger partial charge in [-0.05, 0) is 44.0 Å². The molecule has 1 aromatic heterocycles. The van der Waals surface area contributed by atoms with Gasteiger partial charge in [0.2, 0.25) is 0 Å². The van der Waals surface area contributed by atoms with Gasteiger partial charge in [0, 0.05) is 22.0 Å². The van der Waals surface area contributed by atoms with Crippen LogP contribution in [0.4, 0.5) is 4.79 Å². The van der Waals surface area contributed by atoms with E-state index in [1.807, 2.05) is 37.3 Å². The Morgan fingerprint density at radius 1 is 1.35 bits per heavy atom. The number of rotatable bonds is 2. The fraction of sp³-hybridized carbons (Fsp3) is 0.333. The Labute approximate surface area is 140 Å². The maximum absolute atomic E-state index is 11.7. The Balaban J connectivity index is 1.96. The molecule has 0 radical (unpaired) electrons. The number of allylic oxidation sites excluding steroid dienone is 1. The lowest BCUT2D eigenvalue weighted by Crippen LogP contribution is -2.41. The predicted octanol–water partition coefficient (Wildman–Crippen LogP) is 4.44. The lowest BCUT2D eigenvalue weighted by Gasteiger charge is -2.31. The van der Waals surface area contributed by atoms with E-state index in [-0.39, 0.29) is 12.0 Å². The maximum atomic E-state index is 11.7. The first-order valence-electron chi connectivity index (χ1n) is 7.66. The molecule has 1 amide bonds. The summed E-state index contributed by atoms with van der Waals surface area (Å²) in [5, 5.41) is 4.65. The second-order valence-corrected chi connectivity index (χ2v) is 6.26. The molecule has 0 fully saturated rings. The predicted molar refractivity (Wildman–Crippen MR) is 91.8 cm³/mol. The lowest BCUT2D eigenvalue weighted by molar-refractivity contribution is 0.165. The molecule has 1 aromatic carbocycles. The highest BCUT2D eigenvalue weighted by molar-refractivity contribution is 6.31. The van der Waals surface area contributed by atoms with Crippen molar-refractivity contribution in [2.75, 3.05) is 7.11 Å². The van der Waals surface area contributed by atoms with Crippen LogP contribution in [0.25, 0.3) is 10.9 Å². The Bertz CT molecular complexity index is 773. The standard InChI is InChI=1S/C18H19ClN2O2/c1-11-4-3-5-14(17(11)21-18(22)23-2)16-8-6-12-10-13(19)7-9-15(12)20-16/h4,6-10,14,17H,3,5H2,1-2H3,(H,21,22)/t14?,17-/m1/s1. The second kappa shape index (κ2) is 6.59. The van der Waals surface area contributed by atoms with Crippen LogP contribution in [-0.4, -0.2) is 24.2 Å². The Morgan fingerprint density at radius 2 is 2.17 bits per heavy atom.